The molecule has 0 radical (unpaired) electrons. The third-order valence-electron chi connectivity index (χ3n) is 11.3. The first-order valence-electron chi connectivity index (χ1n) is 21.0. The minimum absolute atomic E-state index is 0.194. The SMILES string of the molecule is Cc1cnc(-c2cccc3c2oc2ccccc23)cc1C1CCCCC1.[2H]C([2H])([2H])c1cnc(-c2cccc3c2oc2ccccc23)cc1C1([2H])CCCCC1. The van der Waals surface area contributed by atoms with Crippen LogP contribution in [0.1, 0.15) is 104 Å². The van der Waals surface area contributed by atoms with Crippen LogP contribution in [-0.2, 0) is 0 Å². The van der Waals surface area contributed by atoms with Crippen LogP contribution in [0, 0.1) is 13.8 Å². The summed E-state index contributed by atoms with van der Waals surface area (Å²) < 4.78 is 45.4. The van der Waals surface area contributed by atoms with Gasteiger partial charge in [0.05, 0.1) is 11.4 Å². The Hall–Kier alpha value is -5.22. The fourth-order valence-electron chi connectivity index (χ4n) is 8.58. The lowest BCUT2D eigenvalue weighted by Gasteiger charge is -2.24. The number of rotatable bonds is 4. The highest BCUT2D eigenvalue weighted by Gasteiger charge is 2.21. The number of hydrogen-bond donors (Lipinski definition) is 0. The first-order valence-corrected chi connectivity index (χ1v) is 19.0. The molecule has 4 heteroatoms. The second-order valence-corrected chi connectivity index (χ2v) is 14.6. The second kappa shape index (κ2) is 14.1. The highest BCUT2D eigenvalue weighted by Crippen LogP contribution is 2.40. The Morgan fingerprint density at radius 1 is 0.558 bits per heavy atom. The summed E-state index contributed by atoms with van der Waals surface area (Å²) in [6.07, 6.45) is 14.5. The Labute approximate surface area is 311 Å². The summed E-state index contributed by atoms with van der Waals surface area (Å²) in [7, 11) is 0. The Balaban J connectivity index is 0.000000148. The molecule has 0 unspecified atom stereocenters. The maximum absolute atomic E-state index is 9.09. The van der Waals surface area contributed by atoms with E-state index in [9.17, 15) is 0 Å². The number of benzene rings is 4. The van der Waals surface area contributed by atoms with E-state index >= 15 is 0 Å². The average molecular weight is 687 g/mol. The minimum Gasteiger partial charge on any atom is -0.455 e. The van der Waals surface area contributed by atoms with Gasteiger partial charge in [-0.15, -0.1) is 0 Å². The molecule has 0 bridgehead atoms. The topological polar surface area (TPSA) is 52.1 Å². The molecule has 0 amide bonds. The summed E-state index contributed by atoms with van der Waals surface area (Å²) in [5.41, 5.74) is 10.6. The molecule has 2 aliphatic carbocycles. The van der Waals surface area contributed by atoms with Crippen LogP contribution in [0.2, 0.25) is 0 Å². The summed E-state index contributed by atoms with van der Waals surface area (Å²) in [5.74, 6) is -0.207. The van der Waals surface area contributed by atoms with Gasteiger partial charge in [-0.2, -0.15) is 0 Å². The van der Waals surface area contributed by atoms with Gasteiger partial charge in [-0.25, -0.2) is 0 Å². The van der Waals surface area contributed by atoms with Crippen LogP contribution < -0.4 is 0 Å². The Morgan fingerprint density at radius 3 is 1.63 bits per heavy atom. The Morgan fingerprint density at radius 2 is 1.06 bits per heavy atom. The number of hydrogen-bond acceptors (Lipinski definition) is 4. The number of fused-ring (bicyclic) bond motifs is 6. The molecular formula is C48H46N2O2. The molecule has 4 aromatic carbocycles. The van der Waals surface area contributed by atoms with Crippen molar-refractivity contribution in [3.8, 4) is 22.5 Å². The molecule has 2 fully saturated rings. The zero-order chi connectivity index (χ0) is 38.4. The van der Waals surface area contributed by atoms with E-state index in [-0.39, 0.29) is 5.56 Å². The molecule has 0 N–H and O–H groups in total. The molecule has 2 aliphatic rings. The number of nitrogens with zero attached hydrogens (tertiary/aromatic N) is 2. The van der Waals surface area contributed by atoms with Gasteiger partial charge in [0.1, 0.15) is 22.3 Å². The van der Waals surface area contributed by atoms with Gasteiger partial charge in [0.15, 0.2) is 0 Å². The van der Waals surface area contributed by atoms with Gasteiger partial charge < -0.3 is 8.83 Å². The van der Waals surface area contributed by atoms with Crippen LogP contribution in [-0.4, -0.2) is 9.97 Å². The molecule has 4 heterocycles. The van der Waals surface area contributed by atoms with Gasteiger partial charge in [-0.1, -0.05) is 99.2 Å². The van der Waals surface area contributed by atoms with Crippen molar-refractivity contribution in [3.63, 3.8) is 0 Å². The van der Waals surface area contributed by atoms with Gasteiger partial charge >= 0.3 is 0 Å². The number of aryl methyl sites for hydroxylation is 2. The molecule has 0 spiro atoms. The summed E-state index contributed by atoms with van der Waals surface area (Å²) >= 11 is 0. The quantitative estimate of drug-likeness (QED) is 0.185. The van der Waals surface area contributed by atoms with Gasteiger partial charge in [0.25, 0.3) is 0 Å². The predicted molar refractivity (Wildman–Crippen MR) is 215 cm³/mol. The molecule has 4 nitrogen and oxygen atoms in total. The lowest BCUT2D eigenvalue weighted by molar-refractivity contribution is 0.442. The van der Waals surface area contributed by atoms with Gasteiger partial charge in [0, 0.05) is 50.5 Å². The molecule has 10 rings (SSSR count). The zero-order valence-electron chi connectivity index (χ0n) is 33.8. The van der Waals surface area contributed by atoms with E-state index in [0.717, 1.165) is 69.2 Å². The van der Waals surface area contributed by atoms with Crippen LogP contribution in [0.4, 0.5) is 0 Å². The highest BCUT2D eigenvalue weighted by atomic mass is 16.3. The Kier molecular flexibility index (Phi) is 7.68. The van der Waals surface area contributed by atoms with E-state index in [4.69, 9.17) is 19.3 Å². The van der Waals surface area contributed by atoms with Crippen LogP contribution in [0.25, 0.3) is 66.4 Å². The molecular weight excluding hydrogens is 637 g/mol. The number of pyridine rings is 2. The van der Waals surface area contributed by atoms with Crippen LogP contribution in [0.5, 0.6) is 0 Å². The predicted octanol–water partition coefficient (Wildman–Crippen LogP) is 14.0. The standard InChI is InChI=1S/2C24H23NO/c2*1-16-15-25-22(14-21(16)17-8-3-2-4-9-17)20-12-7-11-19-18-10-5-6-13-23(18)26-24(19)20/h2*5-7,10-15,17H,2-4,8-9H2,1H3/i1D3,17D;. The summed E-state index contributed by atoms with van der Waals surface area (Å²) in [6.45, 7) is -0.0970. The first-order chi connectivity index (χ1) is 27.2. The summed E-state index contributed by atoms with van der Waals surface area (Å²) in [5, 5.41) is 4.38. The fourth-order valence-corrected chi connectivity index (χ4v) is 8.58. The minimum atomic E-state index is -2.29. The van der Waals surface area contributed by atoms with Crippen molar-refractivity contribution in [2.75, 3.05) is 0 Å². The molecule has 260 valence electrons. The molecule has 4 aromatic heterocycles. The second-order valence-electron chi connectivity index (χ2n) is 14.6. The molecule has 52 heavy (non-hydrogen) atoms. The number of furan rings is 2. The number of aromatic nitrogens is 2. The van der Waals surface area contributed by atoms with E-state index in [1.54, 1.807) is 0 Å². The number of para-hydroxylation sites is 4. The average Bonchev–Trinajstić information content (AvgIpc) is 3.80. The van der Waals surface area contributed by atoms with Crippen LogP contribution in [0.3, 0.4) is 0 Å². The van der Waals surface area contributed by atoms with Crippen molar-refractivity contribution in [1.29, 1.82) is 0 Å². The van der Waals surface area contributed by atoms with Crippen molar-refractivity contribution in [3.05, 3.63) is 132 Å². The molecule has 0 aliphatic heterocycles. The molecule has 0 saturated heterocycles. The Bertz CT molecular complexity index is 2700. The summed E-state index contributed by atoms with van der Waals surface area (Å²) in [6, 6.07) is 32.6. The van der Waals surface area contributed by atoms with E-state index in [2.05, 4.69) is 48.3 Å². The van der Waals surface area contributed by atoms with Crippen molar-refractivity contribution in [2.45, 2.75) is 89.8 Å². The van der Waals surface area contributed by atoms with E-state index in [0.29, 0.717) is 30.0 Å². The fraction of sp³-hybridized carbons (Fsp3) is 0.292. The third kappa shape index (κ3) is 6.08. The maximum Gasteiger partial charge on any atom is 0.144 e. The van der Waals surface area contributed by atoms with Crippen molar-refractivity contribution >= 4 is 43.9 Å². The highest BCUT2D eigenvalue weighted by molar-refractivity contribution is 6.10. The largest absolute Gasteiger partial charge is 0.455 e. The first kappa shape index (κ1) is 28.4. The third-order valence-corrected chi connectivity index (χ3v) is 11.3. The van der Waals surface area contributed by atoms with Crippen molar-refractivity contribution < 1.29 is 14.3 Å². The lowest BCUT2D eigenvalue weighted by atomic mass is 9.82. The van der Waals surface area contributed by atoms with Crippen LogP contribution in [0.15, 0.2) is 118 Å². The van der Waals surface area contributed by atoms with Gasteiger partial charge in [-0.05, 0) is 110 Å². The monoisotopic (exact) mass is 686 g/mol. The van der Waals surface area contributed by atoms with E-state index < -0.39 is 12.7 Å². The maximum atomic E-state index is 9.09. The summed E-state index contributed by atoms with van der Waals surface area (Å²) in [4.78, 5) is 9.28. The van der Waals surface area contributed by atoms with Crippen molar-refractivity contribution in [2.24, 2.45) is 0 Å². The van der Waals surface area contributed by atoms with E-state index in [1.807, 2.05) is 66.9 Å². The smallest absolute Gasteiger partial charge is 0.144 e. The van der Waals surface area contributed by atoms with Crippen molar-refractivity contribution in [1.82, 2.24) is 9.97 Å². The lowest BCUT2D eigenvalue weighted by Crippen LogP contribution is -2.07. The normalized spacial score (nSPS) is 17.7. The molecule has 8 aromatic rings. The van der Waals surface area contributed by atoms with Gasteiger partial charge in [-0.3, -0.25) is 9.97 Å². The van der Waals surface area contributed by atoms with E-state index in [1.165, 1.54) is 60.2 Å². The molecule has 2 saturated carbocycles. The molecule has 0 atom stereocenters. The zero-order valence-corrected chi connectivity index (χ0v) is 29.8. The van der Waals surface area contributed by atoms with Gasteiger partial charge in [0.2, 0.25) is 0 Å². The van der Waals surface area contributed by atoms with Crippen LogP contribution >= 0.6 is 0 Å².